The van der Waals surface area contributed by atoms with Crippen molar-refractivity contribution in [1.29, 1.82) is 0 Å². The fraction of sp³-hybridized carbons (Fsp3) is 0.300. The van der Waals surface area contributed by atoms with Crippen molar-refractivity contribution in [3.05, 3.63) is 101 Å². The summed E-state index contributed by atoms with van der Waals surface area (Å²) in [5, 5.41) is 2.96. The number of carbonyl (C=O) groups excluding carboxylic acids is 3. The Morgan fingerprint density at radius 3 is 2.25 bits per heavy atom. The number of amides is 3. The van der Waals surface area contributed by atoms with Gasteiger partial charge in [0, 0.05) is 32.0 Å². The Hall–Kier alpha value is -4.05. The van der Waals surface area contributed by atoms with Gasteiger partial charge < -0.3 is 10.2 Å². The molecule has 1 heterocycles. The number of sulfonamides is 1. The molecule has 0 saturated heterocycles. The van der Waals surface area contributed by atoms with Crippen LogP contribution in [0.3, 0.4) is 0 Å². The summed E-state index contributed by atoms with van der Waals surface area (Å²) in [6.45, 7) is 3.42. The average molecular weight is 566 g/mol. The zero-order valence-electron chi connectivity index (χ0n) is 22.4. The summed E-state index contributed by atoms with van der Waals surface area (Å²) in [5.41, 5.74) is 1.49. The van der Waals surface area contributed by atoms with E-state index in [2.05, 4.69) is 5.32 Å². The average Bonchev–Trinajstić information content (AvgIpc) is 3.15. The van der Waals surface area contributed by atoms with Gasteiger partial charge in [0.05, 0.1) is 5.56 Å². The van der Waals surface area contributed by atoms with Crippen molar-refractivity contribution >= 4 is 27.7 Å². The van der Waals surface area contributed by atoms with Crippen LogP contribution in [0.15, 0.2) is 83.8 Å². The van der Waals surface area contributed by atoms with E-state index in [-0.39, 0.29) is 48.3 Å². The van der Waals surface area contributed by atoms with Gasteiger partial charge in [-0.3, -0.25) is 14.4 Å². The maximum Gasteiger partial charge on any atom is 0.269 e. The molecule has 0 saturated carbocycles. The third kappa shape index (κ3) is 6.39. The van der Waals surface area contributed by atoms with E-state index in [0.717, 1.165) is 5.56 Å². The van der Waals surface area contributed by atoms with Crippen LogP contribution < -0.4 is 5.32 Å². The molecule has 10 heteroatoms. The highest BCUT2D eigenvalue weighted by atomic mass is 32.2. The SMILES string of the molecule is CC[C@@H](C)NC(=O)[C@@H](Cc1ccccc1)N(Cc1ccc(F)cc1)C(=O)CCN1C(=O)c2ccccc2S1(=O)=O. The predicted octanol–water partition coefficient (Wildman–Crippen LogP) is 3.92. The summed E-state index contributed by atoms with van der Waals surface area (Å²) >= 11 is 0. The van der Waals surface area contributed by atoms with Gasteiger partial charge in [0.15, 0.2) is 0 Å². The van der Waals surface area contributed by atoms with Gasteiger partial charge in [-0.1, -0.05) is 61.5 Å². The Morgan fingerprint density at radius 1 is 0.950 bits per heavy atom. The lowest BCUT2D eigenvalue weighted by molar-refractivity contribution is -0.141. The molecule has 0 bridgehead atoms. The minimum atomic E-state index is -4.09. The number of carbonyl (C=O) groups is 3. The lowest BCUT2D eigenvalue weighted by atomic mass is 10.0. The lowest BCUT2D eigenvalue weighted by Gasteiger charge is -2.32. The van der Waals surface area contributed by atoms with Crippen LogP contribution in [0.2, 0.25) is 0 Å². The highest BCUT2D eigenvalue weighted by molar-refractivity contribution is 7.90. The molecule has 4 rings (SSSR count). The fourth-order valence-electron chi connectivity index (χ4n) is 4.57. The van der Waals surface area contributed by atoms with Gasteiger partial charge in [-0.25, -0.2) is 17.1 Å². The molecule has 1 aliphatic rings. The molecular weight excluding hydrogens is 533 g/mol. The smallest absolute Gasteiger partial charge is 0.269 e. The number of nitrogens with zero attached hydrogens (tertiary/aromatic N) is 2. The van der Waals surface area contributed by atoms with Crippen molar-refractivity contribution in [2.24, 2.45) is 0 Å². The summed E-state index contributed by atoms with van der Waals surface area (Å²) in [7, 11) is -4.09. The maximum atomic E-state index is 13.8. The van der Waals surface area contributed by atoms with Gasteiger partial charge in [-0.2, -0.15) is 0 Å². The molecule has 3 amide bonds. The second-order valence-electron chi connectivity index (χ2n) is 9.80. The van der Waals surface area contributed by atoms with E-state index >= 15 is 0 Å². The summed E-state index contributed by atoms with van der Waals surface area (Å²) in [6.07, 6.45) is 0.565. The molecule has 2 atom stereocenters. The molecule has 40 heavy (non-hydrogen) atoms. The zero-order chi connectivity index (χ0) is 28.9. The summed E-state index contributed by atoms with van der Waals surface area (Å²) in [5.74, 6) is -1.99. The van der Waals surface area contributed by atoms with E-state index in [9.17, 15) is 27.2 Å². The number of hydrogen-bond acceptors (Lipinski definition) is 5. The molecule has 210 valence electrons. The van der Waals surface area contributed by atoms with Crippen LogP contribution in [-0.4, -0.2) is 54.0 Å². The van der Waals surface area contributed by atoms with Gasteiger partial charge >= 0.3 is 0 Å². The van der Waals surface area contributed by atoms with Crippen molar-refractivity contribution in [3.63, 3.8) is 0 Å². The highest BCUT2D eigenvalue weighted by Crippen LogP contribution is 2.30. The Labute approximate surface area is 233 Å². The minimum Gasteiger partial charge on any atom is -0.352 e. The largest absolute Gasteiger partial charge is 0.352 e. The second-order valence-corrected chi connectivity index (χ2v) is 11.6. The third-order valence-corrected chi connectivity index (χ3v) is 8.82. The van der Waals surface area contributed by atoms with Crippen molar-refractivity contribution in [1.82, 2.24) is 14.5 Å². The van der Waals surface area contributed by atoms with Crippen molar-refractivity contribution in [3.8, 4) is 0 Å². The van der Waals surface area contributed by atoms with Crippen LogP contribution in [0.4, 0.5) is 4.39 Å². The Kier molecular flexibility index (Phi) is 8.99. The molecule has 0 unspecified atom stereocenters. The molecule has 0 spiro atoms. The number of halogens is 1. The Morgan fingerprint density at radius 2 is 1.60 bits per heavy atom. The standard InChI is InChI=1S/C30H32FN3O5S/c1-3-21(2)32-29(36)26(19-22-9-5-4-6-10-22)33(20-23-13-15-24(31)16-14-23)28(35)17-18-34-30(37)25-11-7-8-12-27(25)40(34,38)39/h4-16,21,26H,3,17-20H2,1-2H3,(H,32,36)/t21-,26-/m1/s1. The Balaban J connectivity index is 1.64. The fourth-order valence-corrected chi connectivity index (χ4v) is 6.14. The predicted molar refractivity (Wildman–Crippen MR) is 148 cm³/mol. The lowest BCUT2D eigenvalue weighted by Crippen LogP contribution is -2.52. The molecular formula is C30H32FN3O5S. The van der Waals surface area contributed by atoms with Crippen molar-refractivity contribution in [2.75, 3.05) is 6.54 Å². The van der Waals surface area contributed by atoms with Crippen LogP contribution in [-0.2, 0) is 32.6 Å². The molecule has 8 nitrogen and oxygen atoms in total. The normalized spacial score (nSPS) is 15.3. The van der Waals surface area contributed by atoms with Crippen molar-refractivity contribution < 1.29 is 27.2 Å². The minimum absolute atomic E-state index is 0.00847. The number of benzene rings is 3. The van der Waals surface area contributed by atoms with Gasteiger partial charge in [0.25, 0.3) is 15.9 Å². The number of fused-ring (bicyclic) bond motifs is 1. The van der Waals surface area contributed by atoms with Crippen molar-refractivity contribution in [2.45, 2.75) is 56.6 Å². The van der Waals surface area contributed by atoms with Gasteiger partial charge in [-0.05, 0) is 48.7 Å². The summed E-state index contributed by atoms with van der Waals surface area (Å²) in [4.78, 5) is 41.5. The monoisotopic (exact) mass is 565 g/mol. The van der Waals surface area contributed by atoms with E-state index in [1.165, 1.54) is 47.4 Å². The van der Waals surface area contributed by atoms with Crippen LogP contribution in [0.1, 0.15) is 48.2 Å². The second kappa shape index (κ2) is 12.4. The van der Waals surface area contributed by atoms with Gasteiger partial charge in [0.1, 0.15) is 16.8 Å². The van der Waals surface area contributed by atoms with Crippen LogP contribution >= 0.6 is 0 Å². The quantitative estimate of drug-likeness (QED) is 0.380. The third-order valence-electron chi connectivity index (χ3n) is 6.98. The molecule has 3 aromatic rings. The molecule has 0 aliphatic carbocycles. The Bertz CT molecular complexity index is 1480. The first kappa shape index (κ1) is 28.9. The van der Waals surface area contributed by atoms with Gasteiger partial charge in [0.2, 0.25) is 11.8 Å². The van der Waals surface area contributed by atoms with Crippen LogP contribution in [0.25, 0.3) is 0 Å². The number of hydrogen-bond donors (Lipinski definition) is 1. The van der Waals surface area contributed by atoms with E-state index < -0.39 is 33.7 Å². The molecule has 1 aliphatic heterocycles. The van der Waals surface area contributed by atoms with Crippen LogP contribution in [0, 0.1) is 5.82 Å². The molecule has 0 aromatic heterocycles. The first-order chi connectivity index (χ1) is 19.1. The summed E-state index contributed by atoms with van der Waals surface area (Å²) < 4.78 is 40.4. The molecule has 0 fully saturated rings. The molecule has 3 aromatic carbocycles. The van der Waals surface area contributed by atoms with E-state index in [0.29, 0.717) is 16.3 Å². The van der Waals surface area contributed by atoms with E-state index in [1.807, 2.05) is 44.2 Å². The maximum absolute atomic E-state index is 13.8. The zero-order valence-corrected chi connectivity index (χ0v) is 23.2. The first-order valence-electron chi connectivity index (χ1n) is 13.2. The number of rotatable bonds is 11. The molecule has 0 radical (unpaired) electrons. The summed E-state index contributed by atoms with van der Waals surface area (Å²) in [6, 6.07) is 19.7. The van der Waals surface area contributed by atoms with E-state index in [1.54, 1.807) is 6.07 Å². The number of nitrogens with one attached hydrogen (secondary N) is 1. The first-order valence-corrected chi connectivity index (χ1v) is 14.6. The topological polar surface area (TPSA) is 104 Å². The van der Waals surface area contributed by atoms with Gasteiger partial charge in [-0.15, -0.1) is 0 Å². The molecule has 1 N–H and O–H groups in total. The van der Waals surface area contributed by atoms with Crippen LogP contribution in [0.5, 0.6) is 0 Å². The highest BCUT2D eigenvalue weighted by Gasteiger charge is 2.41. The van der Waals surface area contributed by atoms with E-state index in [4.69, 9.17) is 0 Å².